The fourth-order valence-corrected chi connectivity index (χ4v) is 4.09. The van der Waals surface area contributed by atoms with Gasteiger partial charge < -0.3 is 5.11 Å². The maximum Gasteiger partial charge on any atom is 0.281 e. The zero-order chi connectivity index (χ0) is 13.8. The van der Waals surface area contributed by atoms with Crippen molar-refractivity contribution in [2.24, 2.45) is 5.92 Å². The van der Waals surface area contributed by atoms with Crippen LogP contribution in [0.4, 0.5) is 0 Å². The highest BCUT2D eigenvalue weighted by Crippen LogP contribution is 2.29. The monoisotopic (exact) mass is 278 g/mol. The average molecular weight is 278 g/mol. The Hall–Kier alpha value is -0.170. The van der Waals surface area contributed by atoms with E-state index in [0.29, 0.717) is 18.9 Å². The van der Waals surface area contributed by atoms with E-state index in [9.17, 15) is 8.42 Å². The minimum absolute atomic E-state index is 0.0173. The molecule has 1 aliphatic rings. The van der Waals surface area contributed by atoms with Crippen LogP contribution in [0.3, 0.4) is 0 Å². The second-order valence-electron chi connectivity index (χ2n) is 5.25. The Bertz CT molecular complexity index is 345. The molecule has 1 N–H and O–H groups in total. The lowest BCUT2D eigenvalue weighted by atomic mass is 9.86. The summed E-state index contributed by atoms with van der Waals surface area (Å²) < 4.78 is 27.6. The van der Waals surface area contributed by atoms with Crippen LogP contribution in [0.15, 0.2) is 0 Å². The van der Waals surface area contributed by atoms with Crippen LogP contribution >= 0.6 is 0 Å². The van der Waals surface area contributed by atoms with Crippen LogP contribution in [0.25, 0.3) is 0 Å². The van der Waals surface area contributed by atoms with Crippen LogP contribution in [0.1, 0.15) is 39.0 Å². The van der Waals surface area contributed by atoms with Gasteiger partial charge >= 0.3 is 0 Å². The van der Waals surface area contributed by atoms with Gasteiger partial charge in [0, 0.05) is 33.3 Å². The van der Waals surface area contributed by atoms with Crippen molar-refractivity contribution >= 4 is 10.2 Å². The van der Waals surface area contributed by atoms with E-state index in [1.165, 1.54) is 15.0 Å². The molecule has 0 heterocycles. The first-order valence-corrected chi connectivity index (χ1v) is 8.11. The van der Waals surface area contributed by atoms with Crippen molar-refractivity contribution < 1.29 is 13.5 Å². The molecule has 1 saturated carbocycles. The van der Waals surface area contributed by atoms with Gasteiger partial charge in [0.2, 0.25) is 0 Å². The third-order valence-corrected chi connectivity index (χ3v) is 5.89. The van der Waals surface area contributed by atoms with E-state index in [2.05, 4.69) is 6.92 Å². The van der Waals surface area contributed by atoms with Crippen LogP contribution in [-0.4, -0.2) is 55.4 Å². The van der Waals surface area contributed by atoms with E-state index in [4.69, 9.17) is 5.11 Å². The minimum Gasteiger partial charge on any atom is -0.396 e. The molecular formula is C12H26N2O3S. The number of nitrogens with zero attached hydrogens (tertiary/aromatic N) is 2. The topological polar surface area (TPSA) is 60.9 Å². The molecule has 2 atom stereocenters. The van der Waals surface area contributed by atoms with E-state index in [0.717, 1.165) is 19.3 Å². The Balaban J connectivity index is 2.70. The number of aliphatic hydroxyl groups is 1. The van der Waals surface area contributed by atoms with Crippen molar-refractivity contribution in [3.8, 4) is 0 Å². The second-order valence-corrected chi connectivity index (χ2v) is 7.35. The highest BCUT2D eigenvalue weighted by Gasteiger charge is 2.33. The molecule has 0 aromatic rings. The van der Waals surface area contributed by atoms with Crippen LogP contribution in [-0.2, 0) is 10.2 Å². The first-order chi connectivity index (χ1) is 8.41. The molecule has 5 nitrogen and oxygen atoms in total. The molecule has 18 heavy (non-hydrogen) atoms. The molecule has 6 heteroatoms. The lowest BCUT2D eigenvalue weighted by Crippen LogP contribution is -2.48. The van der Waals surface area contributed by atoms with E-state index < -0.39 is 10.2 Å². The number of hydrogen-bond acceptors (Lipinski definition) is 3. The smallest absolute Gasteiger partial charge is 0.281 e. The lowest BCUT2D eigenvalue weighted by Gasteiger charge is -2.37. The normalized spacial score (nSPS) is 25.9. The van der Waals surface area contributed by atoms with Gasteiger partial charge in [-0.15, -0.1) is 0 Å². The quantitative estimate of drug-likeness (QED) is 0.790. The van der Waals surface area contributed by atoms with Gasteiger partial charge in [-0.05, 0) is 25.2 Å². The van der Waals surface area contributed by atoms with Gasteiger partial charge in [-0.1, -0.05) is 19.8 Å². The SMILES string of the molecule is CC1CCCCC1N(C)S(=O)(=O)N(C)CCCO. The van der Waals surface area contributed by atoms with Crippen molar-refractivity contribution in [1.82, 2.24) is 8.61 Å². The summed E-state index contributed by atoms with van der Waals surface area (Å²) in [5.41, 5.74) is 0. The standard InChI is InChI=1S/C12H26N2O3S/c1-11-7-4-5-8-12(11)14(3)18(16,17)13(2)9-6-10-15/h11-12,15H,4-10H2,1-3H3. The molecule has 0 radical (unpaired) electrons. The van der Waals surface area contributed by atoms with Crippen molar-refractivity contribution in [3.63, 3.8) is 0 Å². The molecule has 0 spiro atoms. The van der Waals surface area contributed by atoms with Crippen LogP contribution in [0.2, 0.25) is 0 Å². The zero-order valence-corrected chi connectivity index (χ0v) is 12.5. The third-order valence-electron chi connectivity index (χ3n) is 3.92. The molecule has 0 aliphatic heterocycles. The first-order valence-electron chi connectivity index (χ1n) is 6.71. The molecule has 1 rings (SSSR count). The van der Waals surface area contributed by atoms with Gasteiger partial charge in [0.15, 0.2) is 0 Å². The van der Waals surface area contributed by atoms with Crippen molar-refractivity contribution in [2.45, 2.75) is 45.1 Å². The van der Waals surface area contributed by atoms with Crippen molar-refractivity contribution in [3.05, 3.63) is 0 Å². The second kappa shape index (κ2) is 6.84. The molecule has 1 fully saturated rings. The zero-order valence-electron chi connectivity index (χ0n) is 11.7. The fourth-order valence-electron chi connectivity index (χ4n) is 2.64. The van der Waals surface area contributed by atoms with Gasteiger partial charge in [-0.3, -0.25) is 0 Å². The number of aliphatic hydroxyl groups excluding tert-OH is 1. The van der Waals surface area contributed by atoms with E-state index >= 15 is 0 Å². The third kappa shape index (κ3) is 3.66. The molecule has 2 unspecified atom stereocenters. The molecule has 0 amide bonds. The highest BCUT2D eigenvalue weighted by atomic mass is 32.2. The Morgan fingerprint density at radius 2 is 1.83 bits per heavy atom. The molecule has 1 aliphatic carbocycles. The Morgan fingerprint density at radius 1 is 1.22 bits per heavy atom. The maximum atomic E-state index is 12.4. The number of rotatable bonds is 6. The van der Waals surface area contributed by atoms with Gasteiger partial charge in [-0.25, -0.2) is 0 Å². The predicted octanol–water partition coefficient (Wildman–Crippen LogP) is 1.06. The lowest BCUT2D eigenvalue weighted by molar-refractivity contribution is 0.202. The average Bonchev–Trinajstić information content (AvgIpc) is 2.35. The van der Waals surface area contributed by atoms with Crippen LogP contribution < -0.4 is 0 Å². The first kappa shape index (κ1) is 15.9. The summed E-state index contributed by atoms with van der Waals surface area (Å²) in [5, 5.41) is 8.78. The van der Waals surface area contributed by atoms with Crippen LogP contribution in [0.5, 0.6) is 0 Å². The molecule has 0 saturated heterocycles. The van der Waals surface area contributed by atoms with Crippen molar-refractivity contribution in [2.75, 3.05) is 27.2 Å². The van der Waals surface area contributed by atoms with E-state index in [1.807, 2.05) is 0 Å². The maximum absolute atomic E-state index is 12.4. The summed E-state index contributed by atoms with van der Waals surface area (Å²) in [5.74, 6) is 0.421. The summed E-state index contributed by atoms with van der Waals surface area (Å²) in [6, 6.07) is 0.111. The Kier molecular flexibility index (Phi) is 6.04. The van der Waals surface area contributed by atoms with Crippen LogP contribution in [0, 0.1) is 5.92 Å². The summed E-state index contributed by atoms with van der Waals surface area (Å²) in [4.78, 5) is 0. The summed E-state index contributed by atoms with van der Waals surface area (Å²) in [6.45, 7) is 2.51. The largest absolute Gasteiger partial charge is 0.396 e. The Labute approximate surface area is 111 Å². The highest BCUT2D eigenvalue weighted by molar-refractivity contribution is 7.86. The van der Waals surface area contributed by atoms with Gasteiger partial charge in [-0.2, -0.15) is 17.0 Å². The predicted molar refractivity (Wildman–Crippen MR) is 72.4 cm³/mol. The fraction of sp³-hybridized carbons (Fsp3) is 1.00. The Morgan fingerprint density at radius 3 is 2.39 bits per heavy atom. The minimum atomic E-state index is -3.39. The molecule has 0 aromatic heterocycles. The van der Waals surface area contributed by atoms with Gasteiger partial charge in [0.1, 0.15) is 0 Å². The number of hydrogen-bond donors (Lipinski definition) is 1. The summed E-state index contributed by atoms with van der Waals surface area (Å²) in [6.07, 6.45) is 4.83. The molecule has 108 valence electrons. The van der Waals surface area contributed by atoms with E-state index in [-0.39, 0.29) is 12.6 Å². The molecule has 0 aromatic carbocycles. The summed E-state index contributed by atoms with van der Waals surface area (Å²) >= 11 is 0. The van der Waals surface area contributed by atoms with Gasteiger partial charge in [0.05, 0.1) is 0 Å². The molecule has 0 bridgehead atoms. The molecular weight excluding hydrogens is 252 g/mol. The van der Waals surface area contributed by atoms with E-state index in [1.54, 1.807) is 14.1 Å². The van der Waals surface area contributed by atoms with Crippen molar-refractivity contribution in [1.29, 1.82) is 0 Å². The summed E-state index contributed by atoms with van der Waals surface area (Å²) in [7, 11) is -0.132. The van der Waals surface area contributed by atoms with Gasteiger partial charge in [0.25, 0.3) is 10.2 Å².